The molecule has 0 aromatic heterocycles. The van der Waals surface area contributed by atoms with Gasteiger partial charge in [0.2, 0.25) is 11.8 Å². The molecule has 2 atom stereocenters. The Balaban J connectivity index is 2.08. The Kier molecular flexibility index (Phi) is 10.9. The SMILES string of the molecule is CCOc1ccccc1N(CC(=O)N(Cc1cccc(C)c1)[C@H](C)C(=O)N[C@@H](C)CC)S(=O)(=O)c1ccc(C)cc1. The van der Waals surface area contributed by atoms with Crippen molar-refractivity contribution >= 4 is 27.5 Å². The van der Waals surface area contributed by atoms with Crippen molar-refractivity contribution in [3.05, 3.63) is 89.5 Å². The summed E-state index contributed by atoms with van der Waals surface area (Å²) in [4.78, 5) is 28.8. The fourth-order valence-corrected chi connectivity index (χ4v) is 5.77. The molecule has 3 aromatic rings. The lowest BCUT2D eigenvalue weighted by Gasteiger charge is -2.33. The van der Waals surface area contributed by atoms with Gasteiger partial charge in [0.15, 0.2) is 0 Å². The first-order valence-corrected chi connectivity index (χ1v) is 15.4. The molecule has 0 saturated heterocycles. The van der Waals surface area contributed by atoms with E-state index >= 15 is 0 Å². The number of carbonyl (C=O) groups is 2. The highest BCUT2D eigenvalue weighted by atomic mass is 32.2. The van der Waals surface area contributed by atoms with Crippen LogP contribution < -0.4 is 14.4 Å². The van der Waals surface area contributed by atoms with Crippen molar-refractivity contribution in [2.45, 2.75) is 71.5 Å². The number of carbonyl (C=O) groups excluding carboxylic acids is 2. The van der Waals surface area contributed by atoms with E-state index < -0.39 is 28.5 Å². The van der Waals surface area contributed by atoms with Crippen molar-refractivity contribution in [1.29, 1.82) is 0 Å². The lowest BCUT2D eigenvalue weighted by Crippen LogP contribution is -2.52. The molecule has 0 heterocycles. The van der Waals surface area contributed by atoms with Crippen LogP contribution in [0.25, 0.3) is 0 Å². The Bertz CT molecular complexity index is 1440. The molecule has 0 aliphatic rings. The second-order valence-corrected chi connectivity index (χ2v) is 12.1. The zero-order valence-corrected chi connectivity index (χ0v) is 25.6. The van der Waals surface area contributed by atoms with Crippen LogP contribution in [0.4, 0.5) is 5.69 Å². The number of anilines is 1. The van der Waals surface area contributed by atoms with E-state index in [0.29, 0.717) is 12.4 Å². The Hall–Kier alpha value is -3.85. The lowest BCUT2D eigenvalue weighted by molar-refractivity contribution is -0.139. The van der Waals surface area contributed by atoms with Crippen LogP contribution in [0.15, 0.2) is 77.7 Å². The van der Waals surface area contributed by atoms with E-state index in [1.807, 2.05) is 58.9 Å². The Morgan fingerprint density at radius 2 is 1.59 bits per heavy atom. The summed E-state index contributed by atoms with van der Waals surface area (Å²) in [5, 5.41) is 2.95. The number of benzene rings is 3. The van der Waals surface area contributed by atoms with Gasteiger partial charge in [-0.15, -0.1) is 0 Å². The smallest absolute Gasteiger partial charge is 0.264 e. The second-order valence-electron chi connectivity index (χ2n) is 10.2. The van der Waals surface area contributed by atoms with E-state index in [0.717, 1.165) is 27.4 Å². The molecule has 0 aliphatic heterocycles. The van der Waals surface area contributed by atoms with E-state index in [1.54, 1.807) is 43.3 Å². The highest BCUT2D eigenvalue weighted by molar-refractivity contribution is 7.92. The summed E-state index contributed by atoms with van der Waals surface area (Å²) in [6.07, 6.45) is 0.737. The Morgan fingerprint density at radius 3 is 2.22 bits per heavy atom. The fraction of sp³-hybridized carbons (Fsp3) is 0.375. The van der Waals surface area contributed by atoms with Crippen molar-refractivity contribution in [1.82, 2.24) is 10.2 Å². The number of amides is 2. The average molecular weight is 580 g/mol. The second kappa shape index (κ2) is 14.2. The Labute approximate surface area is 244 Å². The van der Waals surface area contributed by atoms with Crippen LogP contribution in [0.5, 0.6) is 5.75 Å². The molecule has 0 spiro atoms. The van der Waals surface area contributed by atoms with Crippen LogP contribution in [0.1, 0.15) is 50.8 Å². The molecular weight excluding hydrogens is 538 g/mol. The number of hydrogen-bond donors (Lipinski definition) is 1. The molecule has 0 bridgehead atoms. The standard InChI is InChI=1S/C32H41N3O5S/c1-7-25(5)33-32(37)26(6)34(21-27-13-11-12-24(4)20-27)31(36)22-35(29-14-9-10-15-30(29)40-8-2)41(38,39)28-18-16-23(3)17-19-28/h9-20,25-26H,7-8,21-22H2,1-6H3,(H,33,37)/t25-,26+/m0/s1. The molecular formula is C32H41N3O5S. The zero-order chi connectivity index (χ0) is 30.2. The molecule has 0 aliphatic carbocycles. The third kappa shape index (κ3) is 8.10. The number of nitrogens with zero attached hydrogens (tertiary/aromatic N) is 2. The summed E-state index contributed by atoms with van der Waals surface area (Å²) in [6, 6.07) is 20.0. The van der Waals surface area contributed by atoms with Crippen LogP contribution in [0, 0.1) is 13.8 Å². The summed E-state index contributed by atoms with van der Waals surface area (Å²) in [6.45, 7) is 11.1. The molecule has 0 fully saturated rings. The third-order valence-corrected chi connectivity index (χ3v) is 8.70. The summed E-state index contributed by atoms with van der Waals surface area (Å²) in [7, 11) is -4.18. The molecule has 41 heavy (non-hydrogen) atoms. The molecule has 220 valence electrons. The molecule has 0 radical (unpaired) electrons. The van der Waals surface area contributed by atoms with Gasteiger partial charge in [-0.1, -0.05) is 66.6 Å². The minimum Gasteiger partial charge on any atom is -0.492 e. The quantitative estimate of drug-likeness (QED) is 0.299. The van der Waals surface area contributed by atoms with Gasteiger partial charge >= 0.3 is 0 Å². The topological polar surface area (TPSA) is 96.0 Å². The summed E-state index contributed by atoms with van der Waals surface area (Å²) >= 11 is 0. The number of sulfonamides is 1. The van der Waals surface area contributed by atoms with E-state index in [-0.39, 0.29) is 29.1 Å². The minimum atomic E-state index is -4.18. The first kappa shape index (κ1) is 31.7. The molecule has 3 aromatic carbocycles. The van der Waals surface area contributed by atoms with E-state index in [1.165, 1.54) is 17.0 Å². The largest absolute Gasteiger partial charge is 0.492 e. The zero-order valence-electron chi connectivity index (χ0n) is 24.8. The van der Waals surface area contributed by atoms with Crippen molar-refractivity contribution < 1.29 is 22.7 Å². The maximum Gasteiger partial charge on any atom is 0.264 e. The first-order chi connectivity index (χ1) is 19.5. The molecule has 0 saturated carbocycles. The van der Waals surface area contributed by atoms with Gasteiger partial charge in [-0.05, 0) is 70.9 Å². The number of para-hydroxylation sites is 2. The molecule has 9 heteroatoms. The lowest BCUT2D eigenvalue weighted by atomic mass is 10.1. The number of aryl methyl sites for hydroxylation is 2. The van der Waals surface area contributed by atoms with Crippen molar-refractivity contribution in [3.8, 4) is 5.75 Å². The van der Waals surface area contributed by atoms with Gasteiger partial charge in [0.25, 0.3) is 10.0 Å². The van der Waals surface area contributed by atoms with Gasteiger partial charge in [-0.25, -0.2) is 8.42 Å². The molecule has 1 N–H and O–H groups in total. The monoisotopic (exact) mass is 579 g/mol. The predicted molar refractivity (Wildman–Crippen MR) is 162 cm³/mol. The summed E-state index contributed by atoms with van der Waals surface area (Å²) < 4.78 is 35.0. The van der Waals surface area contributed by atoms with E-state index in [4.69, 9.17) is 4.74 Å². The molecule has 3 rings (SSSR count). The number of hydrogen-bond acceptors (Lipinski definition) is 5. The van der Waals surface area contributed by atoms with E-state index in [9.17, 15) is 18.0 Å². The van der Waals surface area contributed by atoms with Crippen molar-refractivity contribution in [2.75, 3.05) is 17.5 Å². The first-order valence-electron chi connectivity index (χ1n) is 13.9. The van der Waals surface area contributed by atoms with Crippen molar-refractivity contribution in [2.24, 2.45) is 0 Å². The fourth-order valence-electron chi connectivity index (χ4n) is 4.35. The number of rotatable bonds is 13. The van der Waals surface area contributed by atoms with Crippen LogP contribution in [-0.4, -0.2) is 50.4 Å². The van der Waals surface area contributed by atoms with Gasteiger partial charge < -0.3 is 15.0 Å². The third-order valence-electron chi connectivity index (χ3n) is 6.93. The van der Waals surface area contributed by atoms with Crippen LogP contribution in [-0.2, 0) is 26.2 Å². The molecule has 2 amide bonds. The highest BCUT2D eigenvalue weighted by Crippen LogP contribution is 2.33. The molecule has 0 unspecified atom stereocenters. The van der Waals surface area contributed by atoms with Crippen LogP contribution in [0.3, 0.4) is 0 Å². The molecule has 8 nitrogen and oxygen atoms in total. The van der Waals surface area contributed by atoms with Gasteiger partial charge in [0.05, 0.1) is 17.2 Å². The van der Waals surface area contributed by atoms with Gasteiger partial charge in [0.1, 0.15) is 18.3 Å². The Morgan fingerprint density at radius 1 is 0.902 bits per heavy atom. The van der Waals surface area contributed by atoms with Gasteiger partial charge in [0, 0.05) is 12.6 Å². The van der Waals surface area contributed by atoms with Gasteiger partial charge in [-0.2, -0.15) is 0 Å². The number of nitrogens with one attached hydrogen (secondary N) is 1. The van der Waals surface area contributed by atoms with Gasteiger partial charge in [-0.3, -0.25) is 13.9 Å². The minimum absolute atomic E-state index is 0.0509. The predicted octanol–water partition coefficient (Wildman–Crippen LogP) is 5.23. The maximum atomic E-state index is 14.1. The van der Waals surface area contributed by atoms with Crippen molar-refractivity contribution in [3.63, 3.8) is 0 Å². The van der Waals surface area contributed by atoms with E-state index in [2.05, 4.69) is 5.32 Å². The number of ether oxygens (including phenoxy) is 1. The normalized spacial score (nSPS) is 12.7. The average Bonchev–Trinajstić information content (AvgIpc) is 2.95. The van der Waals surface area contributed by atoms with Crippen LogP contribution in [0.2, 0.25) is 0 Å². The summed E-state index contributed by atoms with van der Waals surface area (Å²) in [5.41, 5.74) is 3.01. The highest BCUT2D eigenvalue weighted by Gasteiger charge is 2.34. The van der Waals surface area contributed by atoms with Crippen LogP contribution >= 0.6 is 0 Å². The maximum absolute atomic E-state index is 14.1. The summed E-state index contributed by atoms with van der Waals surface area (Å²) in [5.74, 6) is -0.477.